The maximum atomic E-state index is 13.1. The molecule has 8 nitrogen and oxygen atoms in total. The lowest BCUT2D eigenvalue weighted by Gasteiger charge is -2.32. The first-order chi connectivity index (χ1) is 12.8. The van der Waals surface area contributed by atoms with Crippen LogP contribution in [-0.4, -0.2) is 94.9 Å². The zero-order chi connectivity index (χ0) is 19.6. The molecule has 2 aliphatic heterocycles. The van der Waals surface area contributed by atoms with Crippen LogP contribution in [0.3, 0.4) is 0 Å². The van der Waals surface area contributed by atoms with E-state index in [1.165, 1.54) is 28.4 Å². The standard InChI is InChI=1S/C18H28N4O4S/c1-20(2)18(23)16-12-15(4-5-17(16)26-3)27(24,25)22-9-6-14(13-22)21-10-7-19-8-11-21/h4-5,12,14,19H,6-11,13H2,1-3H3. The Morgan fingerprint density at radius 3 is 2.56 bits per heavy atom. The summed E-state index contributed by atoms with van der Waals surface area (Å²) in [5.74, 6) is 0.0804. The fourth-order valence-corrected chi connectivity index (χ4v) is 5.20. The van der Waals surface area contributed by atoms with E-state index in [1.807, 2.05) is 0 Å². The van der Waals surface area contributed by atoms with Crippen molar-refractivity contribution in [3.05, 3.63) is 23.8 Å². The van der Waals surface area contributed by atoms with Gasteiger partial charge in [-0.2, -0.15) is 4.31 Å². The maximum absolute atomic E-state index is 13.1. The Bertz CT molecular complexity index is 791. The topological polar surface area (TPSA) is 82.2 Å². The summed E-state index contributed by atoms with van der Waals surface area (Å²) in [5, 5.41) is 3.32. The van der Waals surface area contributed by atoms with Gasteiger partial charge in [0.1, 0.15) is 5.75 Å². The van der Waals surface area contributed by atoms with Crippen LogP contribution in [0.2, 0.25) is 0 Å². The molecule has 27 heavy (non-hydrogen) atoms. The van der Waals surface area contributed by atoms with Gasteiger partial charge in [0.25, 0.3) is 5.91 Å². The summed E-state index contributed by atoms with van der Waals surface area (Å²) < 4.78 is 33.0. The highest BCUT2D eigenvalue weighted by atomic mass is 32.2. The van der Waals surface area contributed by atoms with Gasteiger partial charge in [-0.05, 0) is 24.6 Å². The highest BCUT2D eigenvalue weighted by Crippen LogP contribution is 2.28. The van der Waals surface area contributed by atoms with Gasteiger partial charge >= 0.3 is 0 Å². The van der Waals surface area contributed by atoms with Gasteiger partial charge in [0, 0.05) is 59.4 Å². The molecule has 2 saturated heterocycles. The zero-order valence-corrected chi connectivity index (χ0v) is 17.0. The smallest absolute Gasteiger partial charge is 0.257 e. The Balaban J connectivity index is 1.82. The summed E-state index contributed by atoms with van der Waals surface area (Å²) in [6.45, 7) is 4.77. The number of rotatable bonds is 5. The molecule has 0 aliphatic carbocycles. The Morgan fingerprint density at radius 2 is 1.93 bits per heavy atom. The van der Waals surface area contributed by atoms with Crippen molar-refractivity contribution in [3.8, 4) is 5.75 Å². The molecule has 1 aromatic carbocycles. The third-order valence-corrected chi connectivity index (χ3v) is 7.10. The average molecular weight is 397 g/mol. The van der Waals surface area contributed by atoms with Gasteiger partial charge in [0.05, 0.1) is 17.6 Å². The lowest BCUT2D eigenvalue weighted by Crippen LogP contribution is -2.49. The first-order valence-electron chi connectivity index (χ1n) is 9.19. The molecular weight excluding hydrogens is 368 g/mol. The van der Waals surface area contributed by atoms with Gasteiger partial charge in [0.15, 0.2) is 0 Å². The Kier molecular flexibility index (Phi) is 6.05. The minimum Gasteiger partial charge on any atom is -0.496 e. The van der Waals surface area contributed by atoms with E-state index in [0.29, 0.717) is 18.8 Å². The molecule has 9 heteroatoms. The van der Waals surface area contributed by atoms with Gasteiger partial charge < -0.3 is 15.0 Å². The van der Waals surface area contributed by atoms with Crippen molar-refractivity contribution in [1.82, 2.24) is 19.4 Å². The van der Waals surface area contributed by atoms with Gasteiger partial charge in [-0.3, -0.25) is 9.69 Å². The van der Waals surface area contributed by atoms with Crippen molar-refractivity contribution in [2.24, 2.45) is 0 Å². The summed E-state index contributed by atoms with van der Waals surface area (Å²) in [6, 6.07) is 4.74. The number of nitrogens with one attached hydrogen (secondary N) is 1. The van der Waals surface area contributed by atoms with E-state index in [4.69, 9.17) is 4.74 Å². The molecule has 1 aromatic rings. The van der Waals surface area contributed by atoms with Crippen LogP contribution in [0.15, 0.2) is 23.1 Å². The molecule has 0 radical (unpaired) electrons. The molecule has 2 aliphatic rings. The molecule has 150 valence electrons. The zero-order valence-electron chi connectivity index (χ0n) is 16.1. The van der Waals surface area contributed by atoms with Crippen molar-refractivity contribution >= 4 is 15.9 Å². The van der Waals surface area contributed by atoms with Crippen LogP contribution < -0.4 is 10.1 Å². The molecular formula is C18H28N4O4S. The Morgan fingerprint density at radius 1 is 1.22 bits per heavy atom. The number of carbonyl (C=O) groups excluding carboxylic acids is 1. The van der Waals surface area contributed by atoms with Crippen LogP contribution in [0.5, 0.6) is 5.75 Å². The summed E-state index contributed by atoms with van der Waals surface area (Å²) in [6.07, 6.45) is 0.832. The number of methoxy groups -OCH3 is 1. The van der Waals surface area contributed by atoms with E-state index in [2.05, 4.69) is 10.2 Å². The van der Waals surface area contributed by atoms with Crippen LogP contribution in [-0.2, 0) is 10.0 Å². The highest BCUT2D eigenvalue weighted by molar-refractivity contribution is 7.89. The second-order valence-electron chi connectivity index (χ2n) is 7.15. The Labute approximate surface area is 161 Å². The van der Waals surface area contributed by atoms with Crippen LogP contribution >= 0.6 is 0 Å². The predicted molar refractivity (Wildman–Crippen MR) is 103 cm³/mol. The van der Waals surface area contributed by atoms with Gasteiger partial charge in [-0.15, -0.1) is 0 Å². The third-order valence-electron chi connectivity index (χ3n) is 5.24. The number of carbonyl (C=O) groups is 1. The fourth-order valence-electron chi connectivity index (χ4n) is 3.68. The number of benzene rings is 1. The van der Waals surface area contributed by atoms with E-state index < -0.39 is 10.0 Å². The molecule has 1 unspecified atom stereocenters. The highest BCUT2D eigenvalue weighted by Gasteiger charge is 2.36. The molecule has 1 atom stereocenters. The van der Waals surface area contributed by atoms with E-state index >= 15 is 0 Å². The van der Waals surface area contributed by atoms with Crippen molar-refractivity contribution in [2.45, 2.75) is 17.4 Å². The van der Waals surface area contributed by atoms with E-state index in [1.54, 1.807) is 20.2 Å². The number of hydrogen-bond acceptors (Lipinski definition) is 6. The van der Waals surface area contributed by atoms with Gasteiger partial charge in [-0.1, -0.05) is 0 Å². The normalized spacial score (nSPS) is 22.0. The van der Waals surface area contributed by atoms with Crippen molar-refractivity contribution < 1.29 is 17.9 Å². The number of nitrogens with zero attached hydrogens (tertiary/aromatic N) is 3. The Hall–Kier alpha value is -1.68. The molecule has 1 amide bonds. The van der Waals surface area contributed by atoms with Crippen LogP contribution in [0.4, 0.5) is 0 Å². The summed E-state index contributed by atoms with van der Waals surface area (Å²) >= 11 is 0. The van der Waals surface area contributed by atoms with Crippen LogP contribution in [0.1, 0.15) is 16.8 Å². The van der Waals surface area contributed by atoms with Crippen LogP contribution in [0, 0.1) is 0 Å². The quantitative estimate of drug-likeness (QED) is 0.758. The van der Waals surface area contributed by atoms with E-state index in [9.17, 15) is 13.2 Å². The molecule has 0 bridgehead atoms. The average Bonchev–Trinajstić information content (AvgIpc) is 3.18. The van der Waals surface area contributed by atoms with Crippen molar-refractivity contribution in [3.63, 3.8) is 0 Å². The first kappa shape index (κ1) is 20.1. The first-order valence-corrected chi connectivity index (χ1v) is 10.6. The predicted octanol–water partition coefficient (Wildman–Crippen LogP) is 0.0652. The number of amides is 1. The summed E-state index contributed by atoms with van der Waals surface area (Å²) in [7, 11) is 1.07. The molecule has 3 rings (SSSR count). The number of ether oxygens (including phenoxy) is 1. The molecule has 2 fully saturated rings. The lowest BCUT2D eigenvalue weighted by molar-refractivity contribution is 0.0824. The third kappa shape index (κ3) is 4.11. The largest absolute Gasteiger partial charge is 0.496 e. The fraction of sp³-hybridized carbons (Fsp3) is 0.611. The van der Waals surface area contributed by atoms with E-state index in [0.717, 1.165) is 32.6 Å². The summed E-state index contributed by atoms with van der Waals surface area (Å²) in [4.78, 5) is 16.3. The summed E-state index contributed by atoms with van der Waals surface area (Å²) in [5.41, 5.74) is 0.251. The second kappa shape index (κ2) is 8.14. The molecule has 0 aromatic heterocycles. The molecule has 1 N–H and O–H groups in total. The minimum absolute atomic E-state index is 0.134. The molecule has 0 saturated carbocycles. The van der Waals surface area contributed by atoms with E-state index in [-0.39, 0.29) is 22.4 Å². The number of piperazine rings is 1. The van der Waals surface area contributed by atoms with Gasteiger partial charge in [0.2, 0.25) is 10.0 Å². The molecule has 0 spiro atoms. The number of sulfonamides is 1. The van der Waals surface area contributed by atoms with Crippen molar-refractivity contribution in [2.75, 3.05) is 60.5 Å². The van der Waals surface area contributed by atoms with Crippen LogP contribution in [0.25, 0.3) is 0 Å². The second-order valence-corrected chi connectivity index (χ2v) is 9.09. The minimum atomic E-state index is -3.65. The monoisotopic (exact) mass is 396 g/mol. The number of hydrogen-bond donors (Lipinski definition) is 1. The SMILES string of the molecule is COc1ccc(S(=O)(=O)N2CCC(N3CCNCC3)C2)cc1C(=O)N(C)C. The maximum Gasteiger partial charge on any atom is 0.257 e. The lowest BCUT2D eigenvalue weighted by atomic mass is 10.2. The van der Waals surface area contributed by atoms with Crippen molar-refractivity contribution in [1.29, 1.82) is 0 Å². The van der Waals surface area contributed by atoms with Gasteiger partial charge in [-0.25, -0.2) is 8.42 Å². The molecule has 2 heterocycles.